The van der Waals surface area contributed by atoms with E-state index >= 15 is 0 Å². The highest BCUT2D eigenvalue weighted by molar-refractivity contribution is 6.30. The Hall–Kier alpha value is 0.177. The molecule has 0 atom stereocenters. The maximum Gasteiger partial charge on any atom is 0.0885 e. The highest BCUT2D eigenvalue weighted by atomic mass is 28.2. The van der Waals surface area contributed by atoms with Gasteiger partial charge in [-0.1, -0.05) is 13.0 Å². The molecule has 0 spiro atoms. The van der Waals surface area contributed by atoms with Gasteiger partial charge in [0.25, 0.3) is 0 Å². The zero-order chi connectivity index (χ0) is 3.41. The lowest BCUT2D eigenvalue weighted by atomic mass is 11.0. The third-order valence-electron chi connectivity index (χ3n) is 0.289. The van der Waals surface area contributed by atoms with Crippen molar-refractivity contribution in [2.75, 3.05) is 0 Å². The SMILES string of the molecule is CC[SiH2]N. The summed E-state index contributed by atoms with van der Waals surface area (Å²) in [6, 6.07) is 1.24. The van der Waals surface area contributed by atoms with Gasteiger partial charge in [0, 0.05) is 0 Å². The largest absolute Gasteiger partial charge is 0.356 e. The Morgan fingerprint density at radius 1 is 2.00 bits per heavy atom. The Kier molecular flexibility index (Phi) is 3.32. The van der Waals surface area contributed by atoms with Crippen molar-refractivity contribution in [2.45, 2.75) is 13.0 Å². The van der Waals surface area contributed by atoms with Crippen LogP contribution in [0.3, 0.4) is 0 Å². The van der Waals surface area contributed by atoms with E-state index in [4.69, 9.17) is 5.40 Å². The molecule has 0 radical (unpaired) electrons. The molecule has 0 aromatic heterocycles. The summed E-state index contributed by atoms with van der Waals surface area (Å²) in [5.74, 6) is 0. The standard InChI is InChI=1S/C2H9NSi/c1-2-4-3/h2-4H2,1H3. The van der Waals surface area contributed by atoms with Crippen LogP contribution in [-0.4, -0.2) is 9.68 Å². The minimum absolute atomic E-state index is 0.0756. The topological polar surface area (TPSA) is 26.0 Å². The monoisotopic (exact) mass is 75.1 g/mol. The minimum Gasteiger partial charge on any atom is -0.356 e. The fourth-order valence-electron chi connectivity index (χ4n) is 0. The van der Waals surface area contributed by atoms with Crippen molar-refractivity contribution < 1.29 is 0 Å². The minimum atomic E-state index is -0.0756. The lowest BCUT2D eigenvalue weighted by Gasteiger charge is -1.67. The van der Waals surface area contributed by atoms with Crippen molar-refractivity contribution in [3.05, 3.63) is 0 Å². The highest BCUT2D eigenvalue weighted by Gasteiger charge is 1.58. The third kappa shape index (κ3) is 2.18. The number of hydrogen-bond donors (Lipinski definition) is 1. The van der Waals surface area contributed by atoms with Gasteiger partial charge < -0.3 is 5.40 Å². The van der Waals surface area contributed by atoms with Gasteiger partial charge in [-0.2, -0.15) is 0 Å². The quantitative estimate of drug-likeness (QED) is 0.416. The fraction of sp³-hybridized carbons (Fsp3) is 1.00. The molecule has 0 aliphatic heterocycles. The van der Waals surface area contributed by atoms with Gasteiger partial charge in [-0.25, -0.2) is 0 Å². The molecular weight excluding hydrogens is 66.1 g/mol. The normalized spacial score (nSPS) is 10.5. The molecule has 1 nitrogen and oxygen atoms in total. The molecule has 0 unspecified atom stereocenters. The first kappa shape index (κ1) is 4.18. The van der Waals surface area contributed by atoms with Crippen molar-refractivity contribution in [3.8, 4) is 0 Å². The van der Waals surface area contributed by atoms with Gasteiger partial charge in [0.05, 0.1) is 9.68 Å². The van der Waals surface area contributed by atoms with Crippen molar-refractivity contribution in [3.63, 3.8) is 0 Å². The van der Waals surface area contributed by atoms with Gasteiger partial charge in [0.2, 0.25) is 0 Å². The maximum absolute atomic E-state index is 5.17. The molecule has 0 aromatic rings. The van der Waals surface area contributed by atoms with E-state index in [0.29, 0.717) is 0 Å². The first-order valence-electron chi connectivity index (χ1n) is 1.62. The van der Waals surface area contributed by atoms with Crippen LogP contribution in [0.15, 0.2) is 0 Å². The molecule has 26 valence electrons. The van der Waals surface area contributed by atoms with Crippen LogP contribution in [0.2, 0.25) is 6.04 Å². The van der Waals surface area contributed by atoms with Gasteiger partial charge >= 0.3 is 0 Å². The second-order valence-corrected chi connectivity index (χ2v) is 2.37. The lowest BCUT2D eigenvalue weighted by Crippen LogP contribution is -1.99. The predicted octanol–water partition coefficient (Wildman–Crippen LogP) is -0.533. The van der Waals surface area contributed by atoms with Gasteiger partial charge in [0.1, 0.15) is 0 Å². The number of nitrogens with two attached hydrogens (primary N) is 1. The molecule has 0 saturated heterocycles. The predicted molar refractivity (Wildman–Crippen MR) is 23.2 cm³/mol. The molecule has 0 aliphatic rings. The van der Waals surface area contributed by atoms with E-state index in [1.165, 1.54) is 6.04 Å². The Bertz CT molecular complexity index is 8.00. The van der Waals surface area contributed by atoms with Crippen molar-refractivity contribution in [2.24, 2.45) is 5.40 Å². The van der Waals surface area contributed by atoms with Crippen LogP contribution in [-0.2, 0) is 0 Å². The summed E-state index contributed by atoms with van der Waals surface area (Å²) >= 11 is 0. The second kappa shape index (κ2) is 3.18. The summed E-state index contributed by atoms with van der Waals surface area (Å²) in [6.07, 6.45) is 0. The van der Waals surface area contributed by atoms with Crippen molar-refractivity contribution >= 4 is 9.68 Å². The number of hydrogen-bond acceptors (Lipinski definition) is 1. The van der Waals surface area contributed by atoms with Crippen LogP contribution in [0.25, 0.3) is 0 Å². The third-order valence-corrected chi connectivity index (χ3v) is 0.866. The van der Waals surface area contributed by atoms with Crippen LogP contribution in [0.1, 0.15) is 6.92 Å². The molecule has 2 heteroatoms. The van der Waals surface area contributed by atoms with Crippen LogP contribution in [0, 0.1) is 0 Å². The van der Waals surface area contributed by atoms with E-state index in [0.717, 1.165) is 0 Å². The van der Waals surface area contributed by atoms with Gasteiger partial charge in [-0.15, -0.1) is 0 Å². The Morgan fingerprint density at radius 2 is 2.25 bits per heavy atom. The summed E-state index contributed by atoms with van der Waals surface area (Å²) in [7, 11) is -0.0756. The summed E-state index contributed by atoms with van der Waals surface area (Å²) in [6.45, 7) is 2.12. The van der Waals surface area contributed by atoms with Gasteiger partial charge in [0.15, 0.2) is 0 Å². The summed E-state index contributed by atoms with van der Waals surface area (Å²) < 4.78 is 0. The fourth-order valence-corrected chi connectivity index (χ4v) is 0. The second-order valence-electron chi connectivity index (χ2n) is 0.789. The van der Waals surface area contributed by atoms with E-state index in [1.807, 2.05) is 0 Å². The Balaban J connectivity index is 1.97. The van der Waals surface area contributed by atoms with Crippen LogP contribution >= 0.6 is 0 Å². The highest BCUT2D eigenvalue weighted by Crippen LogP contribution is 1.56. The zero-order valence-corrected chi connectivity index (χ0v) is 4.41. The van der Waals surface area contributed by atoms with Crippen molar-refractivity contribution in [1.29, 1.82) is 0 Å². The van der Waals surface area contributed by atoms with Gasteiger partial charge in [-0.3, -0.25) is 0 Å². The van der Waals surface area contributed by atoms with Crippen LogP contribution in [0.4, 0.5) is 0 Å². The molecule has 0 amide bonds. The Morgan fingerprint density at radius 3 is 2.25 bits per heavy atom. The summed E-state index contributed by atoms with van der Waals surface area (Å²) in [5.41, 5.74) is 0. The molecule has 2 N–H and O–H groups in total. The summed E-state index contributed by atoms with van der Waals surface area (Å²) in [5, 5.41) is 5.17. The molecule has 0 heterocycles. The summed E-state index contributed by atoms with van der Waals surface area (Å²) in [4.78, 5) is 0. The number of rotatable bonds is 1. The van der Waals surface area contributed by atoms with E-state index in [9.17, 15) is 0 Å². The van der Waals surface area contributed by atoms with E-state index in [2.05, 4.69) is 6.92 Å². The van der Waals surface area contributed by atoms with Crippen LogP contribution in [0.5, 0.6) is 0 Å². The smallest absolute Gasteiger partial charge is 0.0885 e. The lowest BCUT2D eigenvalue weighted by molar-refractivity contribution is 1.44. The zero-order valence-electron chi connectivity index (χ0n) is 2.99. The molecule has 0 saturated carbocycles. The van der Waals surface area contributed by atoms with Crippen molar-refractivity contribution in [1.82, 2.24) is 0 Å². The van der Waals surface area contributed by atoms with E-state index < -0.39 is 0 Å². The molecular formula is C2H9NSi. The maximum atomic E-state index is 5.17. The van der Waals surface area contributed by atoms with Crippen LogP contribution < -0.4 is 5.40 Å². The average Bonchev–Trinajstić information content (AvgIpc) is 1.37. The molecule has 0 aromatic carbocycles. The Labute approximate surface area is 29.1 Å². The molecule has 0 fully saturated rings. The van der Waals surface area contributed by atoms with E-state index in [-0.39, 0.29) is 9.68 Å². The van der Waals surface area contributed by atoms with E-state index in [1.54, 1.807) is 0 Å². The molecule has 4 heavy (non-hydrogen) atoms. The molecule has 0 rings (SSSR count). The molecule has 0 aliphatic carbocycles. The first-order chi connectivity index (χ1) is 1.91. The average molecular weight is 75.2 g/mol. The van der Waals surface area contributed by atoms with Gasteiger partial charge in [-0.05, 0) is 0 Å². The first-order valence-corrected chi connectivity index (χ1v) is 3.43. The molecule has 0 bridgehead atoms.